The van der Waals surface area contributed by atoms with Crippen molar-refractivity contribution >= 4 is 56.1 Å². The van der Waals surface area contributed by atoms with Crippen molar-refractivity contribution in [3.05, 3.63) is 279 Å². The first-order valence-corrected chi connectivity index (χ1v) is 23.5. The molecule has 11 aromatic carbocycles. The summed E-state index contributed by atoms with van der Waals surface area (Å²) < 4.78 is 6.51. The lowest BCUT2D eigenvalue weighted by Gasteiger charge is -2.30. The Bertz CT molecular complexity index is 3710. The van der Waals surface area contributed by atoms with Crippen LogP contribution in [0.4, 0.5) is 34.1 Å². The van der Waals surface area contributed by atoms with Gasteiger partial charge >= 0.3 is 0 Å². The van der Waals surface area contributed by atoms with Gasteiger partial charge in [-0.3, -0.25) is 0 Å². The van der Waals surface area contributed by atoms with Crippen LogP contribution < -0.4 is 9.80 Å². The number of benzene rings is 11. The van der Waals surface area contributed by atoms with E-state index in [2.05, 4.69) is 277 Å². The molecule has 0 unspecified atom stereocenters. The maximum atomic E-state index is 6.51. The van der Waals surface area contributed by atoms with Gasteiger partial charge in [0.05, 0.1) is 11.4 Å². The van der Waals surface area contributed by atoms with Gasteiger partial charge in [-0.25, -0.2) is 0 Å². The molecule has 0 radical (unpaired) electrons. The average molecular weight is 883 g/mol. The molecule has 326 valence electrons. The zero-order chi connectivity index (χ0) is 45.9. The average Bonchev–Trinajstić information content (AvgIpc) is 3.81. The second-order valence-electron chi connectivity index (χ2n) is 17.3. The first-order chi connectivity index (χ1) is 34.2. The molecule has 1 aromatic heterocycles. The lowest BCUT2D eigenvalue weighted by Crippen LogP contribution is -2.12. The van der Waals surface area contributed by atoms with Crippen LogP contribution in [0.1, 0.15) is 0 Å². The van der Waals surface area contributed by atoms with Crippen LogP contribution in [0.3, 0.4) is 0 Å². The Hall–Kier alpha value is -9.18. The van der Waals surface area contributed by atoms with Crippen LogP contribution in [0.5, 0.6) is 0 Å². The van der Waals surface area contributed by atoms with Gasteiger partial charge in [0.25, 0.3) is 0 Å². The number of hydrogen-bond acceptors (Lipinski definition) is 3. The molecule has 3 heteroatoms. The van der Waals surface area contributed by atoms with E-state index in [0.29, 0.717) is 0 Å². The topological polar surface area (TPSA) is 19.6 Å². The van der Waals surface area contributed by atoms with Crippen LogP contribution in [0.25, 0.3) is 77.6 Å². The molecule has 69 heavy (non-hydrogen) atoms. The number of fused-ring (bicyclic) bond motifs is 3. The number of hydrogen-bond donors (Lipinski definition) is 0. The standard InChI is InChI=1S/C66H46N2O/c1-4-18-47(19-5-1)49-34-36-50(37-35-49)51-38-40-55(41-39-51)67(56-26-16-24-53(44-56)48-20-6-2-7-21-48)64-32-14-11-29-60(64)54-25-17-27-57(45-54)68(63-31-13-10-28-59(63)52-22-8-3-9-23-52)58-42-43-62-61-30-12-15-33-65(61)69-66(62)46-58/h1-46H. The Morgan fingerprint density at radius 2 is 0.609 bits per heavy atom. The van der Waals surface area contributed by atoms with Gasteiger partial charge in [0.2, 0.25) is 0 Å². The smallest absolute Gasteiger partial charge is 0.137 e. The van der Waals surface area contributed by atoms with Gasteiger partial charge in [-0.1, -0.05) is 206 Å². The van der Waals surface area contributed by atoms with Crippen LogP contribution in [0.15, 0.2) is 283 Å². The summed E-state index contributed by atoms with van der Waals surface area (Å²) in [6.45, 7) is 0. The van der Waals surface area contributed by atoms with Crippen LogP contribution in [-0.2, 0) is 0 Å². The van der Waals surface area contributed by atoms with E-state index in [1.165, 1.54) is 22.3 Å². The second kappa shape index (κ2) is 18.2. The quantitative estimate of drug-likeness (QED) is 0.129. The molecule has 0 fully saturated rings. The van der Waals surface area contributed by atoms with Gasteiger partial charge in [-0.05, 0) is 111 Å². The SMILES string of the molecule is c1ccc(-c2ccc(-c3ccc(N(c4cccc(-c5ccccc5)c4)c4ccccc4-c4cccc(N(c5ccc6c(c5)oc5ccccc56)c5ccccc5-c5ccccc5)c4)cc3)cc2)cc1. The van der Waals surface area contributed by atoms with Crippen LogP contribution in [-0.4, -0.2) is 0 Å². The molecule has 12 rings (SSSR count). The highest BCUT2D eigenvalue weighted by Gasteiger charge is 2.22. The molecule has 1 heterocycles. The summed E-state index contributed by atoms with van der Waals surface area (Å²) in [7, 11) is 0. The Kier molecular flexibility index (Phi) is 10.9. The molecule has 0 aliphatic carbocycles. The fraction of sp³-hybridized carbons (Fsp3) is 0. The van der Waals surface area contributed by atoms with Crippen molar-refractivity contribution in [2.24, 2.45) is 0 Å². The highest BCUT2D eigenvalue weighted by Crippen LogP contribution is 2.46. The first kappa shape index (κ1) is 41.3. The molecular weight excluding hydrogens is 837 g/mol. The lowest BCUT2D eigenvalue weighted by atomic mass is 9.98. The van der Waals surface area contributed by atoms with E-state index < -0.39 is 0 Å². The van der Waals surface area contributed by atoms with Crippen LogP contribution in [0.2, 0.25) is 0 Å². The van der Waals surface area contributed by atoms with E-state index >= 15 is 0 Å². The van der Waals surface area contributed by atoms with Crippen LogP contribution >= 0.6 is 0 Å². The summed E-state index contributed by atoms with van der Waals surface area (Å²) in [6.07, 6.45) is 0. The molecular formula is C66H46N2O. The molecule has 0 spiro atoms. The largest absolute Gasteiger partial charge is 0.456 e. The first-order valence-electron chi connectivity index (χ1n) is 23.5. The third kappa shape index (κ3) is 8.13. The number of rotatable bonds is 11. The van der Waals surface area contributed by atoms with Crippen molar-refractivity contribution in [1.82, 2.24) is 0 Å². The zero-order valence-electron chi connectivity index (χ0n) is 37.9. The fourth-order valence-corrected chi connectivity index (χ4v) is 9.71. The van der Waals surface area contributed by atoms with Crippen LogP contribution in [0, 0.1) is 0 Å². The second-order valence-corrected chi connectivity index (χ2v) is 17.3. The van der Waals surface area contributed by atoms with E-state index in [1.54, 1.807) is 0 Å². The molecule has 0 saturated carbocycles. The minimum absolute atomic E-state index is 0.848. The monoisotopic (exact) mass is 882 g/mol. The lowest BCUT2D eigenvalue weighted by molar-refractivity contribution is 0.669. The number of furan rings is 1. The van der Waals surface area contributed by atoms with Gasteiger partial charge in [0.15, 0.2) is 0 Å². The van der Waals surface area contributed by atoms with Crippen molar-refractivity contribution in [3.8, 4) is 55.6 Å². The number of nitrogens with zero attached hydrogens (tertiary/aromatic N) is 2. The molecule has 0 N–H and O–H groups in total. The minimum Gasteiger partial charge on any atom is -0.456 e. The molecule has 0 aliphatic heterocycles. The maximum Gasteiger partial charge on any atom is 0.137 e. The highest BCUT2D eigenvalue weighted by molar-refractivity contribution is 6.06. The van der Waals surface area contributed by atoms with Gasteiger partial charge in [0.1, 0.15) is 11.2 Å². The highest BCUT2D eigenvalue weighted by atomic mass is 16.3. The molecule has 12 aromatic rings. The van der Waals surface area contributed by atoms with Crippen molar-refractivity contribution < 1.29 is 4.42 Å². The Balaban J connectivity index is 0.989. The predicted octanol–water partition coefficient (Wildman–Crippen LogP) is 18.9. The van der Waals surface area contributed by atoms with Crippen molar-refractivity contribution in [3.63, 3.8) is 0 Å². The van der Waals surface area contributed by atoms with Crippen molar-refractivity contribution in [1.29, 1.82) is 0 Å². The zero-order valence-corrected chi connectivity index (χ0v) is 37.9. The summed E-state index contributed by atoms with van der Waals surface area (Å²) in [5, 5.41) is 2.21. The van der Waals surface area contributed by atoms with E-state index in [9.17, 15) is 0 Å². The van der Waals surface area contributed by atoms with Gasteiger partial charge in [-0.2, -0.15) is 0 Å². The molecule has 3 nitrogen and oxygen atoms in total. The number of para-hydroxylation sites is 3. The minimum atomic E-state index is 0.848. The van der Waals surface area contributed by atoms with E-state index in [0.717, 1.165) is 89.4 Å². The molecule has 0 aliphatic rings. The summed E-state index contributed by atoms with van der Waals surface area (Å²) in [5.74, 6) is 0. The maximum absolute atomic E-state index is 6.51. The molecule has 0 bridgehead atoms. The third-order valence-electron chi connectivity index (χ3n) is 13.1. The molecule has 0 saturated heterocycles. The molecule has 0 amide bonds. The Labute approximate surface area is 403 Å². The summed E-state index contributed by atoms with van der Waals surface area (Å²) in [6, 6.07) is 99.8. The van der Waals surface area contributed by atoms with Crippen molar-refractivity contribution in [2.75, 3.05) is 9.80 Å². The van der Waals surface area contributed by atoms with Crippen molar-refractivity contribution in [2.45, 2.75) is 0 Å². The van der Waals surface area contributed by atoms with Gasteiger partial charge in [-0.15, -0.1) is 0 Å². The Morgan fingerprint density at radius 1 is 0.217 bits per heavy atom. The number of anilines is 6. The predicted molar refractivity (Wildman–Crippen MR) is 290 cm³/mol. The Morgan fingerprint density at radius 3 is 1.23 bits per heavy atom. The van der Waals surface area contributed by atoms with E-state index in [1.807, 2.05) is 12.1 Å². The van der Waals surface area contributed by atoms with Gasteiger partial charge in [0, 0.05) is 50.7 Å². The van der Waals surface area contributed by atoms with Gasteiger partial charge < -0.3 is 14.2 Å². The summed E-state index contributed by atoms with van der Waals surface area (Å²) in [4.78, 5) is 4.77. The summed E-state index contributed by atoms with van der Waals surface area (Å²) >= 11 is 0. The molecule has 0 atom stereocenters. The normalized spacial score (nSPS) is 11.2. The third-order valence-corrected chi connectivity index (χ3v) is 13.1. The fourth-order valence-electron chi connectivity index (χ4n) is 9.71. The summed E-state index contributed by atoms with van der Waals surface area (Å²) in [5.41, 5.74) is 19.6. The van der Waals surface area contributed by atoms with E-state index in [-0.39, 0.29) is 0 Å². The van der Waals surface area contributed by atoms with E-state index in [4.69, 9.17) is 4.42 Å².